The summed E-state index contributed by atoms with van der Waals surface area (Å²) in [5.74, 6) is 4.99. The molecule has 5 nitrogen and oxygen atoms in total. The van der Waals surface area contributed by atoms with Crippen LogP contribution in [0.3, 0.4) is 0 Å². The van der Waals surface area contributed by atoms with E-state index in [2.05, 4.69) is 10.3 Å². The number of aromatic amines is 1. The Morgan fingerprint density at radius 1 is 1.44 bits per heavy atom. The molecular formula is C11H14N4O. The number of aryl methyl sites for hydroxylation is 1. The number of amides is 2. The molecule has 0 aliphatic rings. The highest BCUT2D eigenvalue weighted by Gasteiger charge is 2.08. The Morgan fingerprint density at radius 3 is 2.94 bits per heavy atom. The van der Waals surface area contributed by atoms with Gasteiger partial charge in [0.25, 0.3) is 0 Å². The van der Waals surface area contributed by atoms with Crippen LogP contribution in [0.2, 0.25) is 0 Å². The van der Waals surface area contributed by atoms with Crippen LogP contribution in [0.5, 0.6) is 0 Å². The average molecular weight is 218 g/mol. The molecule has 84 valence electrons. The molecule has 0 atom stereocenters. The smallest absolute Gasteiger partial charge is 0.329 e. The lowest BCUT2D eigenvalue weighted by Crippen LogP contribution is -2.39. The first-order valence-electron chi connectivity index (χ1n) is 5.03. The number of H-pyrrole nitrogens is 1. The summed E-state index contributed by atoms with van der Waals surface area (Å²) >= 11 is 0. The van der Waals surface area contributed by atoms with Crippen LogP contribution in [-0.4, -0.2) is 11.0 Å². The second-order valence-corrected chi connectivity index (χ2v) is 3.60. The molecule has 2 amide bonds. The van der Waals surface area contributed by atoms with Crippen molar-refractivity contribution in [2.24, 2.45) is 5.84 Å². The second kappa shape index (κ2) is 4.24. The van der Waals surface area contributed by atoms with Crippen molar-refractivity contribution in [2.45, 2.75) is 13.5 Å². The molecule has 2 rings (SSSR count). The highest BCUT2D eigenvalue weighted by molar-refractivity contribution is 5.85. The Hall–Kier alpha value is -2.01. The Balaban J connectivity index is 2.29. The van der Waals surface area contributed by atoms with Gasteiger partial charge in [-0.1, -0.05) is 18.2 Å². The van der Waals surface area contributed by atoms with E-state index in [1.807, 2.05) is 36.6 Å². The number of para-hydroxylation sites is 1. The van der Waals surface area contributed by atoms with Crippen molar-refractivity contribution >= 4 is 16.9 Å². The average Bonchev–Trinajstić information content (AvgIpc) is 2.62. The summed E-state index contributed by atoms with van der Waals surface area (Å²) < 4.78 is 0. The second-order valence-electron chi connectivity index (χ2n) is 3.60. The summed E-state index contributed by atoms with van der Waals surface area (Å²) in [6.07, 6.45) is 0. The topological polar surface area (TPSA) is 82.9 Å². The van der Waals surface area contributed by atoms with Crippen molar-refractivity contribution in [1.29, 1.82) is 0 Å². The van der Waals surface area contributed by atoms with Gasteiger partial charge >= 0.3 is 6.03 Å². The molecule has 5 N–H and O–H groups in total. The predicted octanol–water partition coefficient (Wildman–Crippen LogP) is 1.15. The van der Waals surface area contributed by atoms with E-state index in [-0.39, 0.29) is 6.03 Å². The quantitative estimate of drug-likeness (QED) is 0.346. The fraction of sp³-hybridized carbons (Fsp3) is 0.182. The number of carbonyl (C=O) groups is 1. The molecule has 16 heavy (non-hydrogen) atoms. The van der Waals surface area contributed by atoms with E-state index in [1.54, 1.807) is 0 Å². The summed E-state index contributed by atoms with van der Waals surface area (Å²) in [7, 11) is 0. The van der Waals surface area contributed by atoms with E-state index in [9.17, 15) is 4.79 Å². The molecule has 0 aliphatic heterocycles. The molecule has 0 aliphatic carbocycles. The van der Waals surface area contributed by atoms with Gasteiger partial charge in [-0.25, -0.2) is 10.6 Å². The Labute approximate surface area is 93.0 Å². The first-order valence-corrected chi connectivity index (χ1v) is 5.03. The summed E-state index contributed by atoms with van der Waals surface area (Å²) in [5, 5.41) is 3.80. The van der Waals surface area contributed by atoms with E-state index in [0.29, 0.717) is 6.54 Å². The fourth-order valence-electron chi connectivity index (χ4n) is 1.78. The van der Waals surface area contributed by atoms with Crippen LogP contribution in [0.4, 0.5) is 4.79 Å². The van der Waals surface area contributed by atoms with Crippen molar-refractivity contribution in [3.05, 3.63) is 35.5 Å². The fourth-order valence-corrected chi connectivity index (χ4v) is 1.78. The highest BCUT2D eigenvalue weighted by Crippen LogP contribution is 2.21. The SMILES string of the molecule is Cc1[nH]c2ccccc2c1CNC(=O)NN. The monoisotopic (exact) mass is 218 g/mol. The van der Waals surface area contributed by atoms with Crippen molar-refractivity contribution in [3.63, 3.8) is 0 Å². The number of benzene rings is 1. The van der Waals surface area contributed by atoms with Gasteiger partial charge in [0.1, 0.15) is 0 Å². The van der Waals surface area contributed by atoms with Gasteiger partial charge in [0.15, 0.2) is 0 Å². The largest absolute Gasteiger partial charge is 0.358 e. The third-order valence-electron chi connectivity index (χ3n) is 2.58. The van der Waals surface area contributed by atoms with E-state index in [0.717, 1.165) is 22.2 Å². The van der Waals surface area contributed by atoms with E-state index >= 15 is 0 Å². The standard InChI is InChI=1S/C11H14N4O/c1-7-9(6-13-11(16)15-12)8-4-2-3-5-10(8)14-7/h2-5,14H,6,12H2,1H3,(H2,13,15,16). The maximum atomic E-state index is 11.0. The third-order valence-corrected chi connectivity index (χ3v) is 2.58. The zero-order chi connectivity index (χ0) is 11.5. The van der Waals surface area contributed by atoms with Gasteiger partial charge in [-0.3, -0.25) is 5.43 Å². The Bertz CT molecular complexity index is 518. The molecule has 1 aromatic heterocycles. The van der Waals surface area contributed by atoms with Crippen molar-refractivity contribution in [2.75, 3.05) is 0 Å². The van der Waals surface area contributed by atoms with Gasteiger partial charge in [-0.15, -0.1) is 0 Å². The van der Waals surface area contributed by atoms with Gasteiger partial charge in [-0.2, -0.15) is 0 Å². The molecule has 0 bridgehead atoms. The van der Waals surface area contributed by atoms with Crippen LogP contribution in [0.25, 0.3) is 10.9 Å². The number of hydrazine groups is 1. The maximum absolute atomic E-state index is 11.0. The summed E-state index contributed by atoms with van der Waals surface area (Å²) in [5.41, 5.74) is 5.25. The zero-order valence-electron chi connectivity index (χ0n) is 9.00. The van der Waals surface area contributed by atoms with Crippen LogP contribution >= 0.6 is 0 Å². The zero-order valence-corrected chi connectivity index (χ0v) is 9.00. The number of carbonyl (C=O) groups excluding carboxylic acids is 1. The van der Waals surface area contributed by atoms with Gasteiger partial charge in [0.2, 0.25) is 0 Å². The molecule has 0 spiro atoms. The number of hydrogen-bond donors (Lipinski definition) is 4. The number of fused-ring (bicyclic) bond motifs is 1. The van der Waals surface area contributed by atoms with Gasteiger partial charge in [0, 0.05) is 23.1 Å². The minimum absolute atomic E-state index is 0.385. The van der Waals surface area contributed by atoms with Crippen molar-refractivity contribution < 1.29 is 4.79 Å². The van der Waals surface area contributed by atoms with Crippen molar-refractivity contribution in [1.82, 2.24) is 15.7 Å². The molecule has 0 radical (unpaired) electrons. The van der Waals surface area contributed by atoms with Crippen LogP contribution in [-0.2, 0) is 6.54 Å². The van der Waals surface area contributed by atoms with E-state index in [1.165, 1.54) is 0 Å². The molecule has 0 unspecified atom stereocenters. The number of nitrogens with two attached hydrogens (primary N) is 1. The summed E-state index contributed by atoms with van der Waals surface area (Å²) in [4.78, 5) is 14.3. The maximum Gasteiger partial charge on any atom is 0.329 e. The van der Waals surface area contributed by atoms with Gasteiger partial charge in [-0.05, 0) is 18.6 Å². The first kappa shape index (κ1) is 10.5. The van der Waals surface area contributed by atoms with Crippen LogP contribution in [0.15, 0.2) is 24.3 Å². The number of nitrogens with one attached hydrogen (secondary N) is 3. The molecule has 0 fully saturated rings. The lowest BCUT2D eigenvalue weighted by Gasteiger charge is -2.04. The number of urea groups is 1. The number of aromatic nitrogens is 1. The van der Waals surface area contributed by atoms with E-state index < -0.39 is 0 Å². The lowest BCUT2D eigenvalue weighted by atomic mass is 10.1. The Morgan fingerprint density at radius 2 is 2.19 bits per heavy atom. The Kier molecular flexibility index (Phi) is 2.78. The number of hydrogen-bond acceptors (Lipinski definition) is 2. The minimum atomic E-state index is -0.385. The molecule has 1 heterocycles. The molecule has 1 aromatic carbocycles. The van der Waals surface area contributed by atoms with Crippen LogP contribution in [0.1, 0.15) is 11.3 Å². The number of rotatable bonds is 2. The summed E-state index contributed by atoms with van der Waals surface area (Å²) in [6, 6.07) is 7.60. The van der Waals surface area contributed by atoms with E-state index in [4.69, 9.17) is 5.84 Å². The summed E-state index contributed by atoms with van der Waals surface area (Å²) in [6.45, 7) is 2.44. The van der Waals surface area contributed by atoms with Crippen LogP contribution < -0.4 is 16.6 Å². The van der Waals surface area contributed by atoms with Gasteiger partial charge in [0.05, 0.1) is 0 Å². The lowest BCUT2D eigenvalue weighted by molar-refractivity contribution is 0.241. The molecule has 5 heteroatoms. The van der Waals surface area contributed by atoms with Gasteiger partial charge < -0.3 is 10.3 Å². The molecule has 0 saturated carbocycles. The first-order chi connectivity index (χ1) is 7.72. The van der Waals surface area contributed by atoms with Crippen molar-refractivity contribution in [3.8, 4) is 0 Å². The third kappa shape index (κ3) is 1.85. The molecular weight excluding hydrogens is 204 g/mol. The van der Waals surface area contributed by atoms with Crippen LogP contribution in [0, 0.1) is 6.92 Å². The normalized spacial score (nSPS) is 10.4. The minimum Gasteiger partial charge on any atom is -0.358 e. The molecule has 0 saturated heterocycles. The predicted molar refractivity (Wildman–Crippen MR) is 62.6 cm³/mol. The molecule has 2 aromatic rings. The highest BCUT2D eigenvalue weighted by atomic mass is 16.2.